The maximum absolute atomic E-state index is 13.1. The van der Waals surface area contributed by atoms with Crippen LogP contribution >= 0.6 is 0 Å². The van der Waals surface area contributed by atoms with E-state index >= 15 is 0 Å². The predicted octanol–water partition coefficient (Wildman–Crippen LogP) is 0.751. The highest BCUT2D eigenvalue weighted by Crippen LogP contribution is 2.09. The van der Waals surface area contributed by atoms with Crippen LogP contribution in [0.2, 0.25) is 0 Å². The average Bonchev–Trinajstić information content (AvgIpc) is 2.20. The van der Waals surface area contributed by atoms with E-state index in [1.807, 2.05) is 0 Å². The first-order chi connectivity index (χ1) is 7.50. The molecule has 0 saturated heterocycles. The summed E-state index contributed by atoms with van der Waals surface area (Å²) in [6.45, 7) is 0. The van der Waals surface area contributed by atoms with Crippen LogP contribution in [0.3, 0.4) is 0 Å². The molecule has 82 valence electrons. The van der Waals surface area contributed by atoms with E-state index in [0.717, 1.165) is 18.2 Å². The van der Waals surface area contributed by atoms with E-state index in [9.17, 15) is 14.0 Å². The van der Waals surface area contributed by atoms with Crippen molar-refractivity contribution in [3.8, 4) is 11.8 Å². The molecule has 16 heavy (non-hydrogen) atoms. The van der Waals surface area contributed by atoms with Crippen molar-refractivity contribution in [2.75, 3.05) is 0 Å². The first-order valence-corrected chi connectivity index (χ1v) is 4.30. The Labute approximate surface area is 90.9 Å². The SMILES string of the molecule is NC(=O)CC#Cc1cc(C(=O)O)ccc1F. The van der Waals surface area contributed by atoms with Crippen LogP contribution in [-0.2, 0) is 4.79 Å². The highest BCUT2D eigenvalue weighted by Gasteiger charge is 2.06. The Bertz CT molecular complexity index is 500. The van der Waals surface area contributed by atoms with Crippen molar-refractivity contribution in [1.29, 1.82) is 0 Å². The number of rotatable bonds is 2. The van der Waals surface area contributed by atoms with Crippen molar-refractivity contribution in [3.63, 3.8) is 0 Å². The topological polar surface area (TPSA) is 80.4 Å². The Morgan fingerprint density at radius 3 is 2.69 bits per heavy atom. The summed E-state index contributed by atoms with van der Waals surface area (Å²) in [4.78, 5) is 21.0. The van der Waals surface area contributed by atoms with Crippen molar-refractivity contribution < 1.29 is 19.1 Å². The van der Waals surface area contributed by atoms with Gasteiger partial charge in [0.2, 0.25) is 5.91 Å². The molecule has 0 aliphatic rings. The fourth-order valence-electron chi connectivity index (χ4n) is 0.981. The molecule has 1 aromatic rings. The van der Waals surface area contributed by atoms with Crippen LogP contribution in [0.5, 0.6) is 0 Å². The van der Waals surface area contributed by atoms with Crippen molar-refractivity contribution in [2.45, 2.75) is 6.42 Å². The minimum Gasteiger partial charge on any atom is -0.478 e. The van der Waals surface area contributed by atoms with Crippen LogP contribution in [0, 0.1) is 17.7 Å². The van der Waals surface area contributed by atoms with Gasteiger partial charge in [-0.05, 0) is 18.2 Å². The predicted molar refractivity (Wildman–Crippen MR) is 54.0 cm³/mol. The maximum atomic E-state index is 13.1. The Balaban J connectivity index is 3.01. The second kappa shape index (κ2) is 4.94. The Hall–Kier alpha value is -2.35. The van der Waals surface area contributed by atoms with E-state index < -0.39 is 17.7 Å². The number of primary amides is 1. The fourth-order valence-corrected chi connectivity index (χ4v) is 0.981. The van der Waals surface area contributed by atoms with Crippen LogP contribution in [-0.4, -0.2) is 17.0 Å². The van der Waals surface area contributed by atoms with Gasteiger partial charge in [-0.3, -0.25) is 4.79 Å². The van der Waals surface area contributed by atoms with Gasteiger partial charge >= 0.3 is 5.97 Å². The lowest BCUT2D eigenvalue weighted by Crippen LogP contribution is -2.08. The Kier molecular flexibility index (Phi) is 3.62. The maximum Gasteiger partial charge on any atom is 0.335 e. The number of carboxylic acid groups (broad SMARTS) is 1. The van der Waals surface area contributed by atoms with E-state index in [1.165, 1.54) is 0 Å². The number of amides is 1. The van der Waals surface area contributed by atoms with Crippen LogP contribution in [0.1, 0.15) is 22.3 Å². The second-order valence-electron chi connectivity index (χ2n) is 2.94. The number of benzene rings is 1. The normalized spacial score (nSPS) is 9.06. The van der Waals surface area contributed by atoms with E-state index in [-0.39, 0.29) is 17.5 Å². The summed E-state index contributed by atoms with van der Waals surface area (Å²) in [6.07, 6.45) is -0.198. The molecular weight excluding hydrogens is 213 g/mol. The summed E-state index contributed by atoms with van der Waals surface area (Å²) in [6, 6.07) is 3.25. The number of aromatic carboxylic acids is 1. The summed E-state index contributed by atoms with van der Waals surface area (Å²) in [5.41, 5.74) is 4.71. The Morgan fingerprint density at radius 2 is 2.12 bits per heavy atom. The van der Waals surface area contributed by atoms with E-state index in [4.69, 9.17) is 10.8 Å². The molecule has 0 spiro atoms. The summed E-state index contributed by atoms with van der Waals surface area (Å²) < 4.78 is 13.1. The lowest BCUT2D eigenvalue weighted by molar-refractivity contribution is -0.117. The van der Waals surface area contributed by atoms with Gasteiger partial charge < -0.3 is 10.8 Å². The van der Waals surface area contributed by atoms with Gasteiger partial charge in [-0.1, -0.05) is 11.8 Å². The van der Waals surface area contributed by atoms with Gasteiger partial charge in [0, 0.05) is 0 Å². The molecule has 0 aliphatic carbocycles. The van der Waals surface area contributed by atoms with Crippen LogP contribution < -0.4 is 5.73 Å². The third-order valence-electron chi connectivity index (χ3n) is 1.70. The summed E-state index contributed by atoms with van der Waals surface area (Å²) >= 11 is 0. The van der Waals surface area contributed by atoms with Crippen molar-refractivity contribution in [1.82, 2.24) is 0 Å². The molecule has 1 aromatic carbocycles. The van der Waals surface area contributed by atoms with Crippen LogP contribution in [0.4, 0.5) is 4.39 Å². The molecule has 1 rings (SSSR count). The molecule has 4 nitrogen and oxygen atoms in total. The van der Waals surface area contributed by atoms with E-state index in [1.54, 1.807) is 0 Å². The van der Waals surface area contributed by atoms with E-state index in [0.29, 0.717) is 0 Å². The van der Waals surface area contributed by atoms with Crippen molar-refractivity contribution in [2.24, 2.45) is 5.73 Å². The number of carbonyl (C=O) groups excluding carboxylic acids is 1. The fraction of sp³-hybridized carbons (Fsp3) is 0.0909. The molecule has 0 aliphatic heterocycles. The number of hydrogen-bond acceptors (Lipinski definition) is 2. The molecule has 0 unspecified atom stereocenters. The zero-order valence-electron chi connectivity index (χ0n) is 8.16. The molecule has 3 N–H and O–H groups in total. The summed E-state index contributed by atoms with van der Waals surface area (Å²) in [5, 5.41) is 8.67. The largest absolute Gasteiger partial charge is 0.478 e. The molecule has 0 fully saturated rings. The molecule has 0 atom stereocenters. The van der Waals surface area contributed by atoms with Crippen molar-refractivity contribution in [3.05, 3.63) is 35.1 Å². The minimum absolute atomic E-state index is 0.0650. The smallest absolute Gasteiger partial charge is 0.335 e. The first-order valence-electron chi connectivity index (χ1n) is 4.30. The Morgan fingerprint density at radius 1 is 1.44 bits per heavy atom. The number of carboxylic acids is 1. The third-order valence-corrected chi connectivity index (χ3v) is 1.70. The van der Waals surface area contributed by atoms with E-state index in [2.05, 4.69) is 11.8 Å². The second-order valence-corrected chi connectivity index (χ2v) is 2.94. The first kappa shape index (κ1) is 11.7. The molecule has 0 bridgehead atoms. The van der Waals surface area contributed by atoms with Gasteiger partial charge in [0.25, 0.3) is 0 Å². The molecule has 0 radical (unpaired) electrons. The highest BCUT2D eigenvalue weighted by molar-refractivity contribution is 5.88. The van der Waals surface area contributed by atoms with Crippen molar-refractivity contribution >= 4 is 11.9 Å². The van der Waals surface area contributed by atoms with Gasteiger partial charge in [-0.15, -0.1) is 0 Å². The van der Waals surface area contributed by atoms with Crippen LogP contribution in [0.15, 0.2) is 18.2 Å². The number of nitrogens with two attached hydrogens (primary N) is 1. The molecule has 0 aromatic heterocycles. The quantitative estimate of drug-likeness (QED) is 0.723. The lowest BCUT2D eigenvalue weighted by atomic mass is 10.1. The number of hydrogen-bond donors (Lipinski definition) is 2. The third kappa shape index (κ3) is 3.10. The molecule has 1 amide bonds. The van der Waals surface area contributed by atoms with Crippen LogP contribution in [0.25, 0.3) is 0 Å². The minimum atomic E-state index is -1.17. The van der Waals surface area contributed by atoms with Gasteiger partial charge in [-0.25, -0.2) is 9.18 Å². The number of halogens is 1. The molecule has 0 heterocycles. The van der Waals surface area contributed by atoms with Gasteiger partial charge in [-0.2, -0.15) is 0 Å². The summed E-state index contributed by atoms with van der Waals surface area (Å²) in [7, 11) is 0. The highest BCUT2D eigenvalue weighted by atomic mass is 19.1. The summed E-state index contributed by atoms with van der Waals surface area (Å²) in [5.74, 6) is 2.27. The molecule has 0 saturated carbocycles. The lowest BCUT2D eigenvalue weighted by Gasteiger charge is -1.97. The molecule has 5 heteroatoms. The standard InChI is InChI=1S/C11H8FNO3/c12-9-5-4-8(11(15)16)6-7(9)2-1-3-10(13)14/h4-6H,3H2,(H2,13,14)(H,15,16). The van der Waals surface area contributed by atoms with Gasteiger partial charge in [0.15, 0.2) is 0 Å². The van der Waals surface area contributed by atoms with Gasteiger partial charge in [0.1, 0.15) is 5.82 Å². The zero-order valence-corrected chi connectivity index (χ0v) is 8.16. The van der Waals surface area contributed by atoms with Gasteiger partial charge in [0.05, 0.1) is 17.5 Å². The average molecular weight is 221 g/mol. The number of carbonyl (C=O) groups is 2. The zero-order chi connectivity index (χ0) is 12.1. The monoisotopic (exact) mass is 221 g/mol. The molecular formula is C11H8FNO3.